The van der Waals surface area contributed by atoms with Crippen LogP contribution in [0.5, 0.6) is 0 Å². The minimum atomic E-state index is -1.09. The minimum absolute atomic E-state index is 0.307. The van der Waals surface area contributed by atoms with E-state index in [-0.39, 0.29) is 0 Å². The van der Waals surface area contributed by atoms with Crippen molar-refractivity contribution in [2.75, 3.05) is 6.61 Å². The second-order valence-electron chi connectivity index (χ2n) is 2.02. The minimum Gasteiger partial charge on any atom is -0.480 e. The number of amides is 1. The first-order valence-electron chi connectivity index (χ1n) is 3.24. The van der Waals surface area contributed by atoms with E-state index in [1.54, 1.807) is 6.92 Å². The molecule has 0 aromatic rings. The molecule has 0 fully saturated rings. The third kappa shape index (κ3) is 3.57. The highest BCUT2D eigenvalue weighted by molar-refractivity contribution is 5.83. The van der Waals surface area contributed by atoms with Crippen molar-refractivity contribution in [1.29, 1.82) is 0 Å². The van der Waals surface area contributed by atoms with E-state index in [1.807, 2.05) is 0 Å². The van der Waals surface area contributed by atoms with Crippen molar-refractivity contribution < 1.29 is 19.8 Å². The van der Waals surface area contributed by atoms with Gasteiger partial charge in [-0.05, 0) is 6.42 Å². The first-order valence-corrected chi connectivity index (χ1v) is 3.24. The van der Waals surface area contributed by atoms with Crippen molar-refractivity contribution in [3.63, 3.8) is 0 Å². The second-order valence-corrected chi connectivity index (χ2v) is 2.02. The SMILES string of the molecule is CCC(NC(=O)CO)C(=O)O. The molecule has 0 saturated heterocycles. The fourth-order valence-electron chi connectivity index (χ4n) is 0.578. The molecule has 0 aliphatic rings. The van der Waals surface area contributed by atoms with Crippen molar-refractivity contribution in [3.05, 3.63) is 0 Å². The molecule has 5 heteroatoms. The maximum absolute atomic E-state index is 10.5. The van der Waals surface area contributed by atoms with E-state index in [9.17, 15) is 9.59 Å². The van der Waals surface area contributed by atoms with Gasteiger partial charge in [-0.2, -0.15) is 0 Å². The lowest BCUT2D eigenvalue weighted by atomic mass is 10.2. The molecule has 1 atom stereocenters. The van der Waals surface area contributed by atoms with E-state index in [2.05, 4.69) is 5.32 Å². The van der Waals surface area contributed by atoms with E-state index in [4.69, 9.17) is 10.2 Å². The van der Waals surface area contributed by atoms with Gasteiger partial charge in [0.2, 0.25) is 5.91 Å². The molecular weight excluding hydrogens is 150 g/mol. The van der Waals surface area contributed by atoms with Gasteiger partial charge in [-0.15, -0.1) is 0 Å². The van der Waals surface area contributed by atoms with E-state index in [0.717, 1.165) is 0 Å². The predicted octanol–water partition coefficient (Wildman–Crippen LogP) is -1.04. The molecule has 0 aromatic carbocycles. The van der Waals surface area contributed by atoms with Gasteiger partial charge in [0.25, 0.3) is 0 Å². The Morgan fingerprint density at radius 1 is 1.55 bits per heavy atom. The molecule has 5 nitrogen and oxygen atoms in total. The van der Waals surface area contributed by atoms with Crippen LogP contribution >= 0.6 is 0 Å². The number of hydrogen-bond acceptors (Lipinski definition) is 3. The van der Waals surface area contributed by atoms with Gasteiger partial charge in [0.1, 0.15) is 12.6 Å². The summed E-state index contributed by atoms with van der Waals surface area (Å²) in [4.78, 5) is 20.7. The Morgan fingerprint density at radius 3 is 2.36 bits per heavy atom. The first-order chi connectivity index (χ1) is 5.11. The number of carbonyl (C=O) groups is 2. The van der Waals surface area contributed by atoms with Crippen molar-refractivity contribution in [1.82, 2.24) is 5.32 Å². The Morgan fingerprint density at radius 2 is 2.09 bits per heavy atom. The zero-order chi connectivity index (χ0) is 8.85. The lowest BCUT2D eigenvalue weighted by Gasteiger charge is -2.09. The number of carboxylic acid groups (broad SMARTS) is 1. The molecular formula is C6H11NO4. The van der Waals surface area contributed by atoms with Crippen LogP contribution in [0.4, 0.5) is 0 Å². The Hall–Kier alpha value is -1.10. The van der Waals surface area contributed by atoms with Crippen molar-refractivity contribution in [2.45, 2.75) is 19.4 Å². The van der Waals surface area contributed by atoms with E-state index < -0.39 is 24.5 Å². The fourth-order valence-corrected chi connectivity index (χ4v) is 0.578. The highest BCUT2D eigenvalue weighted by Gasteiger charge is 2.16. The molecule has 3 N–H and O–H groups in total. The summed E-state index contributed by atoms with van der Waals surface area (Å²) in [5.41, 5.74) is 0. The van der Waals surface area contributed by atoms with Crippen LogP contribution in [0.25, 0.3) is 0 Å². The summed E-state index contributed by atoms with van der Waals surface area (Å²) in [6.45, 7) is 0.959. The van der Waals surface area contributed by atoms with Crippen LogP contribution in [-0.2, 0) is 9.59 Å². The summed E-state index contributed by atoms with van der Waals surface area (Å²) in [5.74, 6) is -1.76. The predicted molar refractivity (Wildman–Crippen MR) is 36.9 cm³/mol. The Labute approximate surface area is 64.0 Å². The Kier molecular flexibility index (Phi) is 4.21. The maximum atomic E-state index is 10.5. The average molecular weight is 161 g/mol. The molecule has 0 rings (SSSR count). The van der Waals surface area contributed by atoms with Crippen LogP contribution in [-0.4, -0.2) is 34.7 Å². The molecule has 1 amide bonds. The Balaban J connectivity index is 3.88. The summed E-state index contributed by atoms with van der Waals surface area (Å²) in [7, 11) is 0. The molecule has 0 saturated carbocycles. The number of aliphatic hydroxyl groups excluding tert-OH is 1. The molecule has 0 aliphatic heterocycles. The molecule has 0 heterocycles. The summed E-state index contributed by atoms with van der Waals surface area (Å²) in [6, 6.07) is -0.894. The standard InChI is InChI=1S/C6H11NO4/c1-2-4(6(10)11)7-5(9)3-8/h4,8H,2-3H2,1H3,(H,7,9)(H,10,11). The number of carbonyl (C=O) groups excluding carboxylic acids is 1. The monoisotopic (exact) mass is 161 g/mol. The summed E-state index contributed by atoms with van der Waals surface area (Å²) in [5, 5.41) is 18.8. The molecule has 0 aliphatic carbocycles. The van der Waals surface area contributed by atoms with E-state index >= 15 is 0 Å². The van der Waals surface area contributed by atoms with E-state index in [0.29, 0.717) is 6.42 Å². The molecule has 0 radical (unpaired) electrons. The fraction of sp³-hybridized carbons (Fsp3) is 0.667. The smallest absolute Gasteiger partial charge is 0.326 e. The summed E-state index contributed by atoms with van der Waals surface area (Å²) >= 11 is 0. The third-order valence-corrected chi connectivity index (χ3v) is 1.19. The molecule has 11 heavy (non-hydrogen) atoms. The van der Waals surface area contributed by atoms with Crippen LogP contribution in [0.3, 0.4) is 0 Å². The van der Waals surface area contributed by atoms with Crippen LogP contribution in [0, 0.1) is 0 Å². The van der Waals surface area contributed by atoms with Crippen LogP contribution in [0.1, 0.15) is 13.3 Å². The number of aliphatic carboxylic acids is 1. The second kappa shape index (κ2) is 4.68. The number of aliphatic hydroxyl groups is 1. The number of carboxylic acids is 1. The molecule has 0 spiro atoms. The molecule has 0 bridgehead atoms. The maximum Gasteiger partial charge on any atom is 0.326 e. The van der Waals surface area contributed by atoms with Gasteiger partial charge in [-0.3, -0.25) is 4.79 Å². The van der Waals surface area contributed by atoms with Gasteiger partial charge in [-0.1, -0.05) is 6.92 Å². The lowest BCUT2D eigenvalue weighted by molar-refractivity contribution is -0.142. The largest absolute Gasteiger partial charge is 0.480 e. The Bertz CT molecular complexity index is 157. The van der Waals surface area contributed by atoms with Crippen molar-refractivity contribution >= 4 is 11.9 Å². The molecule has 64 valence electrons. The number of hydrogen-bond donors (Lipinski definition) is 3. The third-order valence-electron chi connectivity index (χ3n) is 1.19. The van der Waals surface area contributed by atoms with Gasteiger partial charge in [0.15, 0.2) is 0 Å². The van der Waals surface area contributed by atoms with Crippen LogP contribution in [0.2, 0.25) is 0 Å². The number of rotatable bonds is 4. The normalized spacial score (nSPS) is 12.2. The quantitative estimate of drug-likeness (QED) is 0.491. The summed E-state index contributed by atoms with van der Waals surface area (Å²) in [6.07, 6.45) is 0.307. The van der Waals surface area contributed by atoms with E-state index in [1.165, 1.54) is 0 Å². The highest BCUT2D eigenvalue weighted by atomic mass is 16.4. The van der Waals surface area contributed by atoms with Gasteiger partial charge < -0.3 is 15.5 Å². The van der Waals surface area contributed by atoms with Crippen LogP contribution < -0.4 is 5.32 Å². The lowest BCUT2D eigenvalue weighted by Crippen LogP contribution is -2.41. The molecule has 1 unspecified atom stereocenters. The van der Waals surface area contributed by atoms with Gasteiger partial charge in [-0.25, -0.2) is 4.79 Å². The number of nitrogens with one attached hydrogen (secondary N) is 1. The summed E-state index contributed by atoms with van der Waals surface area (Å²) < 4.78 is 0. The average Bonchev–Trinajstić information content (AvgIpc) is 1.99. The first kappa shape index (κ1) is 9.90. The van der Waals surface area contributed by atoms with Crippen molar-refractivity contribution in [3.8, 4) is 0 Å². The van der Waals surface area contributed by atoms with Gasteiger partial charge in [0.05, 0.1) is 0 Å². The zero-order valence-electron chi connectivity index (χ0n) is 6.20. The van der Waals surface area contributed by atoms with Gasteiger partial charge in [0, 0.05) is 0 Å². The van der Waals surface area contributed by atoms with Gasteiger partial charge >= 0.3 is 5.97 Å². The topological polar surface area (TPSA) is 86.6 Å². The molecule has 0 aromatic heterocycles. The highest BCUT2D eigenvalue weighted by Crippen LogP contribution is 1.89. The van der Waals surface area contributed by atoms with Crippen LogP contribution in [0.15, 0.2) is 0 Å². The van der Waals surface area contributed by atoms with Crippen molar-refractivity contribution in [2.24, 2.45) is 0 Å². The zero-order valence-corrected chi connectivity index (χ0v) is 6.20.